The predicted molar refractivity (Wildman–Crippen MR) is 63.0 cm³/mol. The fourth-order valence-electron chi connectivity index (χ4n) is 2.62. The molecule has 2 aliphatic heterocycles. The molecule has 0 bridgehead atoms. The maximum Gasteiger partial charge on any atom is 0.141 e. The van der Waals surface area contributed by atoms with Crippen LogP contribution in [0.15, 0.2) is 12.3 Å². The smallest absolute Gasteiger partial charge is 0.141 e. The van der Waals surface area contributed by atoms with Gasteiger partial charge in [-0.05, 0) is 37.9 Å². The third-order valence-corrected chi connectivity index (χ3v) is 3.73. The van der Waals surface area contributed by atoms with Crippen molar-refractivity contribution in [2.75, 3.05) is 13.1 Å². The molecule has 3 heterocycles. The fourth-order valence-corrected chi connectivity index (χ4v) is 2.80. The Morgan fingerprint density at radius 1 is 1.38 bits per heavy atom. The Balaban J connectivity index is 1.74. The number of hydrogen-bond acceptors (Lipinski definition) is 3. The van der Waals surface area contributed by atoms with Crippen LogP contribution in [-0.2, 0) is 6.42 Å². The molecule has 0 radical (unpaired) electrons. The molecule has 1 atom stereocenters. The lowest BCUT2D eigenvalue weighted by Crippen LogP contribution is -2.36. The molecule has 86 valence electrons. The number of nitrogens with zero attached hydrogens (tertiary/aromatic N) is 1. The van der Waals surface area contributed by atoms with Gasteiger partial charge in [0.05, 0.1) is 6.20 Å². The minimum Gasteiger partial charge on any atom is -0.488 e. The van der Waals surface area contributed by atoms with Crippen LogP contribution in [0.2, 0.25) is 5.15 Å². The van der Waals surface area contributed by atoms with E-state index in [4.69, 9.17) is 16.3 Å². The van der Waals surface area contributed by atoms with Crippen molar-refractivity contribution >= 4 is 11.6 Å². The van der Waals surface area contributed by atoms with Crippen molar-refractivity contribution in [3.8, 4) is 5.75 Å². The number of fused-ring (bicyclic) bond motifs is 1. The zero-order chi connectivity index (χ0) is 11.0. The number of piperidine rings is 1. The Morgan fingerprint density at radius 3 is 3.00 bits per heavy atom. The Labute approximate surface area is 100 Å². The summed E-state index contributed by atoms with van der Waals surface area (Å²) >= 11 is 5.88. The van der Waals surface area contributed by atoms with E-state index in [-0.39, 0.29) is 0 Å². The van der Waals surface area contributed by atoms with Gasteiger partial charge in [0.25, 0.3) is 0 Å². The molecule has 0 spiro atoms. The molecule has 1 N–H and O–H groups in total. The average molecular weight is 239 g/mol. The van der Waals surface area contributed by atoms with Gasteiger partial charge >= 0.3 is 0 Å². The monoisotopic (exact) mass is 238 g/mol. The first kappa shape index (κ1) is 10.4. The molecule has 16 heavy (non-hydrogen) atoms. The third-order valence-electron chi connectivity index (χ3n) is 3.52. The number of aromatic nitrogens is 1. The zero-order valence-corrected chi connectivity index (χ0v) is 9.83. The van der Waals surface area contributed by atoms with E-state index < -0.39 is 0 Å². The number of hydrogen-bond donors (Lipinski definition) is 1. The van der Waals surface area contributed by atoms with E-state index in [1.807, 2.05) is 6.07 Å². The number of nitrogens with one attached hydrogen (secondary N) is 1. The van der Waals surface area contributed by atoms with Crippen molar-refractivity contribution in [2.24, 2.45) is 5.92 Å². The normalized spacial score (nSPS) is 25.2. The van der Waals surface area contributed by atoms with Crippen LogP contribution >= 0.6 is 11.6 Å². The van der Waals surface area contributed by atoms with Gasteiger partial charge in [-0.2, -0.15) is 0 Å². The molecule has 3 nitrogen and oxygen atoms in total. The lowest BCUT2D eigenvalue weighted by atomic mass is 9.90. The molecule has 0 amide bonds. The fraction of sp³-hybridized carbons (Fsp3) is 0.583. The van der Waals surface area contributed by atoms with Crippen molar-refractivity contribution in [3.63, 3.8) is 0 Å². The van der Waals surface area contributed by atoms with Crippen LogP contribution < -0.4 is 10.1 Å². The minimum atomic E-state index is 0.331. The van der Waals surface area contributed by atoms with Gasteiger partial charge in [-0.3, -0.25) is 0 Å². The van der Waals surface area contributed by atoms with Crippen molar-refractivity contribution in [1.29, 1.82) is 0 Å². The molecule has 0 unspecified atom stereocenters. The van der Waals surface area contributed by atoms with Crippen LogP contribution in [0.4, 0.5) is 0 Å². The topological polar surface area (TPSA) is 34.1 Å². The van der Waals surface area contributed by atoms with Crippen molar-refractivity contribution in [2.45, 2.75) is 25.4 Å². The lowest BCUT2D eigenvalue weighted by molar-refractivity contribution is 0.133. The summed E-state index contributed by atoms with van der Waals surface area (Å²) in [6.07, 6.45) is 5.48. The Kier molecular flexibility index (Phi) is 2.74. The van der Waals surface area contributed by atoms with E-state index in [1.54, 1.807) is 6.20 Å². The Morgan fingerprint density at radius 2 is 2.19 bits per heavy atom. The summed E-state index contributed by atoms with van der Waals surface area (Å²) in [7, 11) is 0. The van der Waals surface area contributed by atoms with Gasteiger partial charge in [0.15, 0.2) is 0 Å². The number of pyridine rings is 1. The third kappa shape index (κ3) is 1.89. The highest BCUT2D eigenvalue weighted by molar-refractivity contribution is 6.29. The van der Waals surface area contributed by atoms with Crippen molar-refractivity contribution in [1.82, 2.24) is 10.3 Å². The average Bonchev–Trinajstić information content (AvgIpc) is 2.73. The molecule has 0 saturated carbocycles. The van der Waals surface area contributed by atoms with E-state index in [1.165, 1.54) is 18.4 Å². The van der Waals surface area contributed by atoms with Crippen molar-refractivity contribution < 1.29 is 4.74 Å². The molecular weight excluding hydrogens is 224 g/mol. The van der Waals surface area contributed by atoms with Crippen LogP contribution in [0, 0.1) is 5.92 Å². The summed E-state index contributed by atoms with van der Waals surface area (Å²) < 4.78 is 5.95. The van der Waals surface area contributed by atoms with Gasteiger partial charge in [-0.1, -0.05) is 11.6 Å². The van der Waals surface area contributed by atoms with Crippen LogP contribution in [-0.4, -0.2) is 24.2 Å². The van der Waals surface area contributed by atoms with Crippen LogP contribution in [0.25, 0.3) is 0 Å². The maximum absolute atomic E-state index is 5.95. The van der Waals surface area contributed by atoms with Gasteiger partial charge in [0.1, 0.15) is 17.0 Å². The zero-order valence-electron chi connectivity index (χ0n) is 9.08. The summed E-state index contributed by atoms with van der Waals surface area (Å²) in [4.78, 5) is 4.06. The number of halogens is 1. The van der Waals surface area contributed by atoms with Gasteiger partial charge in [-0.15, -0.1) is 0 Å². The van der Waals surface area contributed by atoms with Gasteiger partial charge in [0.2, 0.25) is 0 Å². The standard InChI is InChI=1S/C12H15ClN2O/c13-12-6-9-5-10(16-11(9)7-15-12)8-1-3-14-4-2-8/h6-8,10,14H,1-5H2/t10-/m0/s1. The lowest BCUT2D eigenvalue weighted by Gasteiger charge is -2.27. The molecule has 1 aromatic heterocycles. The summed E-state index contributed by atoms with van der Waals surface area (Å²) in [6.45, 7) is 2.22. The van der Waals surface area contributed by atoms with Crippen LogP contribution in [0.1, 0.15) is 18.4 Å². The molecule has 1 fully saturated rings. The molecule has 1 saturated heterocycles. The summed E-state index contributed by atoms with van der Waals surface area (Å²) in [6, 6.07) is 1.93. The number of ether oxygens (including phenoxy) is 1. The van der Waals surface area contributed by atoms with Crippen LogP contribution in [0.5, 0.6) is 5.75 Å². The Bertz CT molecular complexity index is 391. The quantitative estimate of drug-likeness (QED) is 0.761. The molecular formula is C12H15ClN2O. The summed E-state index contributed by atoms with van der Waals surface area (Å²) in [5, 5.41) is 3.94. The predicted octanol–water partition coefficient (Wildman–Crippen LogP) is 2.04. The highest BCUT2D eigenvalue weighted by atomic mass is 35.5. The first-order chi connectivity index (χ1) is 7.83. The van der Waals surface area contributed by atoms with Gasteiger partial charge < -0.3 is 10.1 Å². The molecule has 0 aliphatic carbocycles. The van der Waals surface area contributed by atoms with E-state index in [9.17, 15) is 0 Å². The van der Waals surface area contributed by atoms with Gasteiger partial charge in [0, 0.05) is 12.0 Å². The second-order valence-corrected chi connectivity index (χ2v) is 4.95. The summed E-state index contributed by atoms with van der Waals surface area (Å²) in [5.41, 5.74) is 1.21. The highest BCUT2D eigenvalue weighted by Gasteiger charge is 2.31. The molecule has 3 rings (SSSR count). The second-order valence-electron chi connectivity index (χ2n) is 4.56. The van der Waals surface area contributed by atoms with Crippen molar-refractivity contribution in [3.05, 3.63) is 23.0 Å². The van der Waals surface area contributed by atoms with E-state index >= 15 is 0 Å². The SMILES string of the molecule is Clc1cc2c(cn1)O[C@H](C1CCNCC1)C2. The first-order valence-electron chi connectivity index (χ1n) is 5.85. The van der Waals surface area contributed by atoms with E-state index in [0.717, 1.165) is 25.3 Å². The maximum atomic E-state index is 5.95. The van der Waals surface area contributed by atoms with Crippen LogP contribution in [0.3, 0.4) is 0 Å². The number of rotatable bonds is 1. The largest absolute Gasteiger partial charge is 0.488 e. The van der Waals surface area contributed by atoms with E-state index in [2.05, 4.69) is 10.3 Å². The van der Waals surface area contributed by atoms with Gasteiger partial charge in [-0.25, -0.2) is 4.98 Å². The molecule has 2 aliphatic rings. The molecule has 4 heteroatoms. The Hall–Kier alpha value is -0.800. The minimum absolute atomic E-state index is 0.331. The van der Waals surface area contributed by atoms with E-state index in [0.29, 0.717) is 17.2 Å². The first-order valence-corrected chi connectivity index (χ1v) is 6.22. The highest BCUT2D eigenvalue weighted by Crippen LogP contribution is 2.34. The molecule has 0 aromatic carbocycles. The second kappa shape index (κ2) is 4.22. The summed E-state index contributed by atoms with van der Waals surface area (Å²) in [5.74, 6) is 1.60. The molecule has 1 aromatic rings.